The van der Waals surface area contributed by atoms with Crippen molar-refractivity contribution in [3.8, 4) is 22.8 Å². The van der Waals surface area contributed by atoms with Gasteiger partial charge in [0.25, 0.3) is 5.91 Å². The molecule has 3 aromatic rings. The van der Waals surface area contributed by atoms with E-state index >= 15 is 0 Å². The second-order valence-corrected chi connectivity index (χ2v) is 6.26. The van der Waals surface area contributed by atoms with Crippen molar-refractivity contribution < 1.29 is 19.1 Å². The number of aromatic nitrogens is 2. The maximum Gasteiger partial charge on any atom is 0.295 e. The summed E-state index contributed by atoms with van der Waals surface area (Å²) >= 11 is 0. The zero-order chi connectivity index (χ0) is 20.6. The van der Waals surface area contributed by atoms with E-state index in [4.69, 9.17) is 14.3 Å². The van der Waals surface area contributed by atoms with E-state index in [9.17, 15) is 4.79 Å². The summed E-state index contributed by atoms with van der Waals surface area (Å²) in [6.45, 7) is 4.70. The number of ether oxygens (including phenoxy) is 2. The Labute approximate surface area is 169 Å². The van der Waals surface area contributed by atoms with Gasteiger partial charge in [0.15, 0.2) is 0 Å². The summed E-state index contributed by atoms with van der Waals surface area (Å²) in [4.78, 5) is 26.2. The third kappa shape index (κ3) is 5.30. The fraction of sp³-hybridized carbons (Fsp3) is 0.227. The van der Waals surface area contributed by atoms with Gasteiger partial charge in [-0.05, 0) is 61.4 Å². The molecule has 1 heterocycles. The highest BCUT2D eigenvalue weighted by Gasteiger charge is 2.11. The molecular weight excluding hydrogens is 370 g/mol. The van der Waals surface area contributed by atoms with Gasteiger partial charge in [0.2, 0.25) is 0 Å². The van der Waals surface area contributed by atoms with Crippen molar-refractivity contribution in [1.29, 1.82) is 0 Å². The summed E-state index contributed by atoms with van der Waals surface area (Å²) in [5, 5.41) is 0. The van der Waals surface area contributed by atoms with Gasteiger partial charge in [0.1, 0.15) is 23.8 Å². The summed E-state index contributed by atoms with van der Waals surface area (Å²) in [7, 11) is 1.60. The lowest BCUT2D eigenvalue weighted by Crippen LogP contribution is -2.25. The Hall–Kier alpha value is -3.45. The lowest BCUT2D eigenvalue weighted by molar-refractivity contribution is 0.0227. The van der Waals surface area contributed by atoms with E-state index in [-0.39, 0.29) is 12.3 Å². The highest BCUT2D eigenvalue weighted by molar-refractivity contribution is 5.91. The molecule has 0 radical (unpaired) electrons. The second kappa shape index (κ2) is 9.66. The van der Waals surface area contributed by atoms with Crippen LogP contribution in [0.2, 0.25) is 0 Å². The van der Waals surface area contributed by atoms with E-state index in [1.807, 2.05) is 56.3 Å². The van der Waals surface area contributed by atoms with Crippen LogP contribution in [-0.2, 0) is 11.4 Å². The van der Waals surface area contributed by atoms with Crippen molar-refractivity contribution in [3.63, 3.8) is 0 Å². The molecule has 0 spiro atoms. The van der Waals surface area contributed by atoms with Crippen molar-refractivity contribution in [1.82, 2.24) is 15.4 Å². The Balaban J connectivity index is 1.63. The Morgan fingerprint density at radius 3 is 2.55 bits per heavy atom. The molecule has 1 amide bonds. The van der Waals surface area contributed by atoms with Crippen molar-refractivity contribution in [2.24, 2.45) is 0 Å². The van der Waals surface area contributed by atoms with Gasteiger partial charge in [0.05, 0.1) is 31.8 Å². The normalized spacial score (nSPS) is 10.4. The minimum Gasteiger partial charge on any atom is -0.497 e. The van der Waals surface area contributed by atoms with Crippen molar-refractivity contribution in [2.45, 2.75) is 20.5 Å². The minimum atomic E-state index is -0.467. The first-order valence-corrected chi connectivity index (χ1v) is 9.21. The fourth-order valence-corrected chi connectivity index (χ4v) is 2.67. The monoisotopic (exact) mass is 393 g/mol. The number of nitrogens with one attached hydrogen (secondary N) is 1. The van der Waals surface area contributed by atoms with E-state index in [1.54, 1.807) is 13.3 Å². The van der Waals surface area contributed by atoms with Crippen LogP contribution in [0.15, 0.2) is 54.9 Å². The first-order valence-electron chi connectivity index (χ1n) is 9.21. The van der Waals surface area contributed by atoms with Crippen molar-refractivity contribution in [2.75, 3.05) is 13.7 Å². The van der Waals surface area contributed by atoms with E-state index in [2.05, 4.69) is 15.4 Å². The summed E-state index contributed by atoms with van der Waals surface area (Å²) < 4.78 is 10.7. The molecule has 0 bridgehead atoms. The molecule has 0 aliphatic carbocycles. The zero-order valence-corrected chi connectivity index (χ0v) is 16.6. The molecule has 150 valence electrons. The number of rotatable bonds is 8. The van der Waals surface area contributed by atoms with Crippen LogP contribution in [0.25, 0.3) is 11.3 Å². The Kier molecular flexibility index (Phi) is 6.76. The van der Waals surface area contributed by atoms with Gasteiger partial charge in [0, 0.05) is 5.56 Å². The number of carbonyl (C=O) groups excluding carboxylic acids is 1. The third-order valence-electron chi connectivity index (χ3n) is 4.28. The molecule has 3 rings (SSSR count). The Morgan fingerprint density at radius 2 is 1.83 bits per heavy atom. The van der Waals surface area contributed by atoms with E-state index < -0.39 is 5.91 Å². The van der Waals surface area contributed by atoms with Crippen LogP contribution in [0.4, 0.5) is 0 Å². The van der Waals surface area contributed by atoms with Crippen LogP contribution in [0.1, 0.15) is 28.5 Å². The van der Waals surface area contributed by atoms with Crippen LogP contribution in [0.5, 0.6) is 11.5 Å². The number of nitrogens with zero attached hydrogens (tertiary/aromatic N) is 2. The van der Waals surface area contributed by atoms with Gasteiger partial charge in [-0.2, -0.15) is 0 Å². The van der Waals surface area contributed by atoms with Crippen LogP contribution >= 0.6 is 0 Å². The van der Waals surface area contributed by atoms with Crippen LogP contribution in [0.3, 0.4) is 0 Å². The molecule has 7 nitrogen and oxygen atoms in total. The SMILES string of the molecule is CCOc1ccc(-c2cncc(C(=O)NOCc3cc(OC)ccc3C)n2)cc1. The number of carbonyl (C=O) groups is 1. The quantitative estimate of drug-likeness (QED) is 0.588. The number of benzene rings is 2. The van der Waals surface area contributed by atoms with Gasteiger partial charge in [-0.1, -0.05) is 6.07 Å². The second-order valence-electron chi connectivity index (χ2n) is 6.26. The molecule has 7 heteroatoms. The van der Waals surface area contributed by atoms with E-state index in [1.165, 1.54) is 6.20 Å². The van der Waals surface area contributed by atoms with E-state index in [0.717, 1.165) is 28.2 Å². The van der Waals surface area contributed by atoms with Crippen LogP contribution in [-0.4, -0.2) is 29.6 Å². The molecule has 0 saturated heterocycles. The largest absolute Gasteiger partial charge is 0.497 e. The average molecular weight is 393 g/mol. The number of amides is 1. The lowest BCUT2D eigenvalue weighted by Gasteiger charge is -2.10. The molecule has 0 unspecified atom stereocenters. The molecule has 0 saturated carbocycles. The fourth-order valence-electron chi connectivity index (χ4n) is 2.67. The molecule has 2 aromatic carbocycles. The summed E-state index contributed by atoms with van der Waals surface area (Å²) in [5.41, 5.74) is 5.96. The molecule has 1 N–H and O–H groups in total. The van der Waals surface area contributed by atoms with Gasteiger partial charge >= 0.3 is 0 Å². The van der Waals surface area contributed by atoms with E-state index in [0.29, 0.717) is 12.3 Å². The number of methoxy groups -OCH3 is 1. The highest BCUT2D eigenvalue weighted by Crippen LogP contribution is 2.21. The summed E-state index contributed by atoms with van der Waals surface area (Å²) in [6.07, 6.45) is 3.00. The van der Waals surface area contributed by atoms with Gasteiger partial charge in [-0.3, -0.25) is 14.6 Å². The molecule has 0 fully saturated rings. The third-order valence-corrected chi connectivity index (χ3v) is 4.28. The average Bonchev–Trinajstić information content (AvgIpc) is 2.76. The van der Waals surface area contributed by atoms with Gasteiger partial charge in [-0.25, -0.2) is 10.5 Å². The summed E-state index contributed by atoms with van der Waals surface area (Å²) in [5.74, 6) is 1.04. The molecule has 0 aliphatic heterocycles. The topological polar surface area (TPSA) is 82.6 Å². The Bertz CT molecular complexity index is 974. The molecule has 1 aromatic heterocycles. The molecule has 0 aliphatic rings. The van der Waals surface area contributed by atoms with Gasteiger partial charge < -0.3 is 9.47 Å². The maximum absolute atomic E-state index is 12.4. The first kappa shape index (κ1) is 20.3. The van der Waals surface area contributed by atoms with Crippen LogP contribution in [0, 0.1) is 6.92 Å². The first-order chi connectivity index (χ1) is 14.1. The van der Waals surface area contributed by atoms with Crippen molar-refractivity contribution in [3.05, 3.63) is 71.7 Å². The lowest BCUT2D eigenvalue weighted by atomic mass is 10.1. The van der Waals surface area contributed by atoms with Crippen molar-refractivity contribution >= 4 is 5.91 Å². The number of hydrogen-bond donors (Lipinski definition) is 1. The zero-order valence-electron chi connectivity index (χ0n) is 16.6. The van der Waals surface area contributed by atoms with Crippen LogP contribution < -0.4 is 15.0 Å². The minimum absolute atomic E-state index is 0.166. The number of hydroxylamine groups is 1. The number of hydrogen-bond acceptors (Lipinski definition) is 6. The predicted molar refractivity (Wildman–Crippen MR) is 109 cm³/mol. The maximum atomic E-state index is 12.4. The predicted octanol–water partition coefficient (Wildman–Crippen LogP) is 3.72. The molecule has 29 heavy (non-hydrogen) atoms. The Morgan fingerprint density at radius 1 is 1.07 bits per heavy atom. The molecular formula is C22H23N3O4. The highest BCUT2D eigenvalue weighted by atomic mass is 16.6. The smallest absolute Gasteiger partial charge is 0.295 e. The molecule has 0 atom stereocenters. The van der Waals surface area contributed by atoms with Gasteiger partial charge in [-0.15, -0.1) is 0 Å². The summed E-state index contributed by atoms with van der Waals surface area (Å²) in [6, 6.07) is 13.1. The standard InChI is InChI=1S/C22H23N3O4/c1-4-28-18-9-6-16(7-10-18)20-12-23-13-21(24-20)22(26)25-29-14-17-11-19(27-3)8-5-15(17)2/h5-13H,4,14H2,1-3H3,(H,25,26). The number of aryl methyl sites for hydroxylation is 1.